The lowest BCUT2D eigenvalue weighted by molar-refractivity contribution is 0.651. The number of benzene rings is 5. The highest BCUT2D eigenvalue weighted by atomic mass is 16.3. The molecule has 0 radical (unpaired) electrons. The summed E-state index contributed by atoms with van der Waals surface area (Å²) in [5.41, 5.74) is 12.9. The zero-order valence-corrected chi connectivity index (χ0v) is 25.1. The van der Waals surface area contributed by atoms with E-state index in [9.17, 15) is 0 Å². The van der Waals surface area contributed by atoms with Crippen LogP contribution in [0.1, 0.15) is 42.7 Å². The predicted molar refractivity (Wildman–Crippen MR) is 184 cm³/mol. The summed E-state index contributed by atoms with van der Waals surface area (Å²) in [6, 6.07) is 37.0. The summed E-state index contributed by atoms with van der Waals surface area (Å²) in [5, 5.41) is 4.67. The number of rotatable bonds is 2. The van der Waals surface area contributed by atoms with Crippen LogP contribution in [0.2, 0.25) is 0 Å². The Morgan fingerprint density at radius 1 is 0.733 bits per heavy atom. The van der Waals surface area contributed by atoms with Gasteiger partial charge in [-0.05, 0) is 76.2 Å². The Bertz CT molecular complexity index is 2580. The van der Waals surface area contributed by atoms with Crippen LogP contribution in [-0.2, 0) is 11.8 Å². The molecule has 0 fully saturated rings. The van der Waals surface area contributed by atoms with Gasteiger partial charge in [0.2, 0.25) is 5.71 Å². The second kappa shape index (κ2) is 8.80. The Kier molecular flexibility index (Phi) is 4.87. The molecule has 0 bridgehead atoms. The Hall–Kier alpha value is -5.48. The van der Waals surface area contributed by atoms with E-state index in [1.165, 1.54) is 49.7 Å². The average molecular weight is 580 g/mol. The van der Waals surface area contributed by atoms with Gasteiger partial charge in [-0.2, -0.15) is 4.98 Å². The molecule has 4 nitrogen and oxygen atoms in total. The standard InChI is InChI=1S/C41H29N3O/c1-41(2)32-16-8-5-13-27(32)28-20-19-26(22-33(28)41)37-39(43-40-38(42-37)30-15-7-10-18-36(30)45-40)44-34-17-9-6-14-29(34)31-21-24-11-3-4-12-25(24)23-35(31)44/h3-8,10-16,18-23H,9,17H2,1-2H3. The number of aromatic nitrogens is 3. The molecule has 2 aliphatic carbocycles. The summed E-state index contributed by atoms with van der Waals surface area (Å²) < 4.78 is 8.72. The van der Waals surface area contributed by atoms with Gasteiger partial charge in [0.1, 0.15) is 16.8 Å². The topological polar surface area (TPSA) is 43.9 Å². The third-order valence-corrected chi connectivity index (χ3v) is 10.1. The van der Waals surface area contributed by atoms with Gasteiger partial charge in [0.05, 0.1) is 5.52 Å². The van der Waals surface area contributed by atoms with Gasteiger partial charge in [0.15, 0.2) is 5.82 Å². The lowest BCUT2D eigenvalue weighted by Gasteiger charge is -2.22. The van der Waals surface area contributed by atoms with E-state index >= 15 is 0 Å². The van der Waals surface area contributed by atoms with Crippen molar-refractivity contribution in [3.05, 3.63) is 132 Å². The third-order valence-electron chi connectivity index (χ3n) is 10.1. The summed E-state index contributed by atoms with van der Waals surface area (Å²) in [5.74, 6) is 0.812. The van der Waals surface area contributed by atoms with E-state index in [4.69, 9.17) is 14.4 Å². The van der Waals surface area contributed by atoms with Crippen molar-refractivity contribution in [2.24, 2.45) is 0 Å². The Labute approximate surface area is 260 Å². The van der Waals surface area contributed by atoms with Crippen LogP contribution in [0.3, 0.4) is 0 Å². The first-order valence-electron chi connectivity index (χ1n) is 15.7. The fourth-order valence-electron chi connectivity index (χ4n) is 7.86. The molecule has 0 N–H and O–H groups in total. The number of hydrogen-bond acceptors (Lipinski definition) is 3. The molecule has 0 amide bonds. The smallest absolute Gasteiger partial charge is 0.248 e. The van der Waals surface area contributed by atoms with Crippen molar-refractivity contribution >= 4 is 50.0 Å². The first-order valence-corrected chi connectivity index (χ1v) is 15.7. The number of hydrogen-bond donors (Lipinski definition) is 0. The van der Waals surface area contributed by atoms with Gasteiger partial charge in [-0.25, -0.2) is 4.98 Å². The molecule has 0 aliphatic heterocycles. The van der Waals surface area contributed by atoms with Gasteiger partial charge in [-0.1, -0.05) is 98.8 Å². The highest BCUT2D eigenvalue weighted by Gasteiger charge is 2.36. The first-order chi connectivity index (χ1) is 22.1. The Balaban J connectivity index is 1.32. The highest BCUT2D eigenvalue weighted by molar-refractivity contribution is 6.05. The van der Waals surface area contributed by atoms with Crippen molar-refractivity contribution in [3.8, 4) is 28.2 Å². The van der Waals surface area contributed by atoms with Crippen molar-refractivity contribution in [1.82, 2.24) is 14.5 Å². The van der Waals surface area contributed by atoms with Gasteiger partial charge in [-0.15, -0.1) is 0 Å². The van der Waals surface area contributed by atoms with Crippen LogP contribution in [0, 0.1) is 0 Å². The molecular weight excluding hydrogens is 550 g/mol. The van der Waals surface area contributed by atoms with Crippen LogP contribution in [0.5, 0.6) is 0 Å². The van der Waals surface area contributed by atoms with E-state index in [2.05, 4.69) is 115 Å². The van der Waals surface area contributed by atoms with Crippen LogP contribution < -0.4 is 0 Å². The quantitative estimate of drug-likeness (QED) is 0.205. The van der Waals surface area contributed by atoms with Gasteiger partial charge in [0.25, 0.3) is 0 Å². The molecule has 10 rings (SSSR count). The predicted octanol–water partition coefficient (Wildman–Crippen LogP) is 10.4. The third kappa shape index (κ3) is 3.37. The number of para-hydroxylation sites is 1. The molecular formula is C41H29N3O. The van der Waals surface area contributed by atoms with Gasteiger partial charge in [-0.3, -0.25) is 4.57 Å². The lowest BCUT2D eigenvalue weighted by Crippen LogP contribution is -2.15. The molecule has 4 heteroatoms. The molecule has 3 aromatic heterocycles. The molecule has 2 aliphatic rings. The van der Waals surface area contributed by atoms with E-state index in [1.54, 1.807) is 0 Å². The monoisotopic (exact) mass is 579 g/mol. The van der Waals surface area contributed by atoms with Crippen molar-refractivity contribution < 1.29 is 4.42 Å². The van der Waals surface area contributed by atoms with Gasteiger partial charge in [0, 0.05) is 33.0 Å². The number of furan rings is 1. The summed E-state index contributed by atoms with van der Waals surface area (Å²) in [7, 11) is 0. The number of allylic oxidation sites excluding steroid dienone is 1. The van der Waals surface area contributed by atoms with Crippen LogP contribution in [0.25, 0.3) is 78.2 Å². The van der Waals surface area contributed by atoms with Crippen molar-refractivity contribution in [1.29, 1.82) is 0 Å². The summed E-state index contributed by atoms with van der Waals surface area (Å²) >= 11 is 0. The SMILES string of the molecule is CC1(C)c2ccccc2-c2ccc(-c3nc4c(nc3-n3c5c(c6cc7ccccc7cc63)C=CCC5)oc3ccccc34)cc21. The molecule has 0 unspecified atom stereocenters. The molecule has 45 heavy (non-hydrogen) atoms. The van der Waals surface area contributed by atoms with Gasteiger partial charge >= 0.3 is 0 Å². The molecule has 3 heterocycles. The maximum absolute atomic E-state index is 6.36. The van der Waals surface area contributed by atoms with E-state index in [-0.39, 0.29) is 5.41 Å². The highest BCUT2D eigenvalue weighted by Crippen LogP contribution is 2.50. The Morgan fingerprint density at radius 2 is 1.51 bits per heavy atom. The maximum Gasteiger partial charge on any atom is 0.248 e. The minimum absolute atomic E-state index is 0.120. The molecule has 0 saturated carbocycles. The molecule has 0 spiro atoms. The second-order valence-electron chi connectivity index (χ2n) is 12.9. The molecule has 5 aromatic carbocycles. The minimum atomic E-state index is -0.120. The van der Waals surface area contributed by atoms with E-state index in [1.807, 2.05) is 18.2 Å². The number of nitrogens with zero attached hydrogens (tertiary/aromatic N) is 3. The zero-order chi connectivity index (χ0) is 29.9. The minimum Gasteiger partial charge on any atom is -0.436 e. The normalized spacial score (nSPS) is 14.8. The lowest BCUT2D eigenvalue weighted by atomic mass is 9.82. The number of fused-ring (bicyclic) bond motifs is 10. The molecule has 8 aromatic rings. The van der Waals surface area contributed by atoms with Crippen molar-refractivity contribution in [3.63, 3.8) is 0 Å². The largest absolute Gasteiger partial charge is 0.436 e. The van der Waals surface area contributed by atoms with Crippen molar-refractivity contribution in [2.45, 2.75) is 32.1 Å². The average Bonchev–Trinajstić information content (AvgIpc) is 3.68. The van der Waals surface area contributed by atoms with Gasteiger partial charge < -0.3 is 4.42 Å². The van der Waals surface area contributed by atoms with Crippen LogP contribution in [0.4, 0.5) is 0 Å². The van der Waals surface area contributed by atoms with Crippen LogP contribution >= 0.6 is 0 Å². The van der Waals surface area contributed by atoms with E-state index in [0.29, 0.717) is 5.71 Å². The second-order valence-corrected chi connectivity index (χ2v) is 12.9. The Morgan fingerprint density at radius 3 is 2.42 bits per heavy atom. The maximum atomic E-state index is 6.36. The van der Waals surface area contributed by atoms with E-state index < -0.39 is 0 Å². The van der Waals surface area contributed by atoms with Crippen LogP contribution in [-0.4, -0.2) is 14.5 Å². The fraction of sp³-hybridized carbons (Fsp3) is 0.122. The summed E-state index contributed by atoms with van der Waals surface area (Å²) in [4.78, 5) is 10.8. The van der Waals surface area contributed by atoms with E-state index in [0.717, 1.165) is 51.9 Å². The summed E-state index contributed by atoms with van der Waals surface area (Å²) in [6.07, 6.45) is 6.50. The molecule has 214 valence electrons. The fourth-order valence-corrected chi connectivity index (χ4v) is 7.86. The van der Waals surface area contributed by atoms with Crippen molar-refractivity contribution in [2.75, 3.05) is 0 Å². The molecule has 0 atom stereocenters. The zero-order valence-electron chi connectivity index (χ0n) is 25.1. The molecule has 0 saturated heterocycles. The van der Waals surface area contributed by atoms with Crippen LogP contribution in [0.15, 0.2) is 114 Å². The summed E-state index contributed by atoms with van der Waals surface area (Å²) in [6.45, 7) is 4.65. The first kappa shape index (κ1) is 24.9.